The van der Waals surface area contributed by atoms with Crippen LogP contribution in [0.25, 0.3) is 0 Å². The number of nitrogens with one attached hydrogen (secondary N) is 1. The van der Waals surface area contributed by atoms with Crippen molar-refractivity contribution < 1.29 is 9.59 Å². The van der Waals surface area contributed by atoms with Crippen LogP contribution in [0.5, 0.6) is 0 Å². The first kappa shape index (κ1) is 14.4. The van der Waals surface area contributed by atoms with Gasteiger partial charge in [0.25, 0.3) is 0 Å². The van der Waals surface area contributed by atoms with E-state index in [0.717, 1.165) is 0 Å². The molecule has 6 heteroatoms. The summed E-state index contributed by atoms with van der Waals surface area (Å²) in [6, 6.07) is 0.790. The Balaban J connectivity index is 4.48. The molecule has 0 saturated heterocycles. The molecule has 90 valence electrons. The molecule has 0 radical (unpaired) electrons. The molecular weight excluding hydrogens is 208 g/mol. The van der Waals surface area contributed by atoms with Crippen LogP contribution in [0.2, 0.25) is 0 Å². The van der Waals surface area contributed by atoms with Crippen molar-refractivity contribution >= 4 is 11.9 Å². The van der Waals surface area contributed by atoms with Crippen molar-refractivity contribution in [2.45, 2.75) is 39.3 Å². The predicted molar refractivity (Wildman–Crippen MR) is 59.3 cm³/mol. The monoisotopic (exact) mass is 226 g/mol. The standard InChI is InChI=1S/C10H18N4O2/c1-7(2)14(6-4-5-11)8(3)9(15)13-10(12)16/h7-8H,4,6H2,1-3H3,(H3,12,13,15,16). The van der Waals surface area contributed by atoms with Gasteiger partial charge >= 0.3 is 6.03 Å². The third-order valence-electron chi connectivity index (χ3n) is 2.27. The lowest BCUT2D eigenvalue weighted by Crippen LogP contribution is -2.50. The molecule has 0 saturated carbocycles. The number of hydrogen-bond acceptors (Lipinski definition) is 4. The first-order chi connectivity index (χ1) is 7.40. The number of nitrogens with zero attached hydrogens (tertiary/aromatic N) is 2. The van der Waals surface area contributed by atoms with E-state index in [1.165, 1.54) is 0 Å². The van der Waals surface area contributed by atoms with Crippen molar-refractivity contribution in [3.63, 3.8) is 0 Å². The molecule has 0 aliphatic carbocycles. The molecule has 0 fully saturated rings. The Kier molecular flexibility index (Phi) is 6.11. The molecule has 0 aromatic carbocycles. The summed E-state index contributed by atoms with van der Waals surface area (Å²) in [6.07, 6.45) is 0.340. The highest BCUT2D eigenvalue weighted by Crippen LogP contribution is 2.06. The van der Waals surface area contributed by atoms with Gasteiger partial charge in [0, 0.05) is 19.0 Å². The van der Waals surface area contributed by atoms with E-state index in [1.807, 2.05) is 30.1 Å². The van der Waals surface area contributed by atoms with Gasteiger partial charge in [-0.3, -0.25) is 15.0 Å². The molecule has 0 aliphatic rings. The molecular formula is C10H18N4O2. The fraction of sp³-hybridized carbons (Fsp3) is 0.700. The lowest BCUT2D eigenvalue weighted by atomic mass is 10.2. The van der Waals surface area contributed by atoms with Gasteiger partial charge < -0.3 is 5.73 Å². The molecule has 0 heterocycles. The summed E-state index contributed by atoms with van der Waals surface area (Å²) >= 11 is 0. The minimum absolute atomic E-state index is 0.113. The van der Waals surface area contributed by atoms with Crippen LogP contribution >= 0.6 is 0 Å². The first-order valence-electron chi connectivity index (χ1n) is 5.13. The van der Waals surface area contributed by atoms with Crippen LogP contribution in [0.3, 0.4) is 0 Å². The maximum atomic E-state index is 11.5. The van der Waals surface area contributed by atoms with Crippen LogP contribution < -0.4 is 11.1 Å². The maximum Gasteiger partial charge on any atom is 0.318 e. The Morgan fingerprint density at radius 1 is 1.44 bits per heavy atom. The molecule has 0 aliphatic heterocycles. The minimum Gasteiger partial charge on any atom is -0.351 e. The number of carbonyl (C=O) groups excluding carboxylic acids is 2. The number of primary amides is 1. The van der Waals surface area contributed by atoms with Crippen molar-refractivity contribution in [2.75, 3.05) is 6.54 Å². The smallest absolute Gasteiger partial charge is 0.318 e. The molecule has 0 aromatic rings. The van der Waals surface area contributed by atoms with E-state index >= 15 is 0 Å². The fourth-order valence-corrected chi connectivity index (χ4v) is 1.45. The lowest BCUT2D eigenvalue weighted by Gasteiger charge is -2.30. The Hall–Kier alpha value is -1.61. The molecule has 0 bridgehead atoms. The summed E-state index contributed by atoms with van der Waals surface area (Å²) in [6.45, 7) is 6.01. The third-order valence-corrected chi connectivity index (χ3v) is 2.27. The number of rotatable bonds is 5. The highest BCUT2D eigenvalue weighted by molar-refractivity contribution is 5.96. The van der Waals surface area contributed by atoms with Crippen molar-refractivity contribution in [1.82, 2.24) is 10.2 Å². The molecule has 3 amide bonds. The van der Waals surface area contributed by atoms with Crippen molar-refractivity contribution in [2.24, 2.45) is 5.73 Å². The van der Waals surface area contributed by atoms with E-state index in [9.17, 15) is 9.59 Å². The molecule has 1 atom stereocenters. The highest BCUT2D eigenvalue weighted by Gasteiger charge is 2.23. The summed E-state index contributed by atoms with van der Waals surface area (Å²) in [4.78, 5) is 23.9. The summed E-state index contributed by atoms with van der Waals surface area (Å²) < 4.78 is 0. The number of nitrogens with two attached hydrogens (primary N) is 1. The van der Waals surface area contributed by atoms with Crippen LogP contribution in [0.1, 0.15) is 27.2 Å². The van der Waals surface area contributed by atoms with Crippen molar-refractivity contribution in [1.29, 1.82) is 5.26 Å². The van der Waals surface area contributed by atoms with Crippen LogP contribution in [0.15, 0.2) is 0 Å². The van der Waals surface area contributed by atoms with Crippen LogP contribution in [0, 0.1) is 11.3 Å². The van der Waals surface area contributed by atoms with E-state index in [1.54, 1.807) is 6.92 Å². The Morgan fingerprint density at radius 2 is 2.00 bits per heavy atom. The van der Waals surface area contributed by atoms with Crippen molar-refractivity contribution in [3.05, 3.63) is 0 Å². The van der Waals surface area contributed by atoms with Crippen LogP contribution in [-0.2, 0) is 4.79 Å². The van der Waals surface area contributed by atoms with E-state index in [-0.39, 0.29) is 6.04 Å². The average molecular weight is 226 g/mol. The minimum atomic E-state index is -0.860. The zero-order valence-electron chi connectivity index (χ0n) is 9.86. The molecule has 1 unspecified atom stereocenters. The number of hydrogen-bond donors (Lipinski definition) is 2. The second-order valence-electron chi connectivity index (χ2n) is 3.77. The normalized spacial score (nSPS) is 12.2. The Bertz CT molecular complexity index is 296. The zero-order chi connectivity index (χ0) is 12.7. The molecule has 3 N–H and O–H groups in total. The van der Waals surface area contributed by atoms with Gasteiger partial charge in [0.05, 0.1) is 12.1 Å². The van der Waals surface area contributed by atoms with Gasteiger partial charge in [0.15, 0.2) is 0 Å². The fourth-order valence-electron chi connectivity index (χ4n) is 1.45. The molecule has 16 heavy (non-hydrogen) atoms. The maximum absolute atomic E-state index is 11.5. The van der Waals surface area contributed by atoms with Gasteiger partial charge in [0.1, 0.15) is 0 Å². The number of imide groups is 1. The molecule has 0 spiro atoms. The van der Waals surface area contributed by atoms with E-state index in [0.29, 0.717) is 13.0 Å². The Morgan fingerprint density at radius 3 is 2.38 bits per heavy atom. The molecule has 0 aromatic heterocycles. The Labute approximate surface area is 95.4 Å². The topological polar surface area (TPSA) is 99.2 Å². The summed E-state index contributed by atoms with van der Waals surface area (Å²) in [5.74, 6) is -0.445. The van der Waals surface area contributed by atoms with Gasteiger partial charge in [0.2, 0.25) is 5.91 Å². The predicted octanol–water partition coefficient (Wildman–Crippen LogP) is 0.194. The quantitative estimate of drug-likeness (QED) is 0.699. The van der Waals surface area contributed by atoms with Gasteiger partial charge in [-0.15, -0.1) is 0 Å². The van der Waals surface area contributed by atoms with Gasteiger partial charge in [-0.05, 0) is 20.8 Å². The van der Waals surface area contributed by atoms with Gasteiger partial charge in [-0.2, -0.15) is 5.26 Å². The number of urea groups is 1. The third kappa shape index (κ3) is 4.75. The number of carbonyl (C=O) groups is 2. The van der Waals surface area contributed by atoms with E-state index in [4.69, 9.17) is 11.0 Å². The molecule has 0 rings (SSSR count). The summed E-state index contributed by atoms with van der Waals surface area (Å²) in [5.41, 5.74) is 4.87. The van der Waals surface area contributed by atoms with E-state index < -0.39 is 18.0 Å². The SMILES string of the molecule is CC(C)N(CCC#N)C(C)C(=O)NC(N)=O. The van der Waals surface area contributed by atoms with Crippen LogP contribution in [0.4, 0.5) is 4.79 Å². The zero-order valence-corrected chi connectivity index (χ0v) is 9.86. The van der Waals surface area contributed by atoms with E-state index in [2.05, 4.69) is 0 Å². The second kappa shape index (κ2) is 6.80. The second-order valence-corrected chi connectivity index (χ2v) is 3.77. The number of amides is 3. The van der Waals surface area contributed by atoms with Gasteiger partial charge in [-0.25, -0.2) is 4.79 Å². The largest absolute Gasteiger partial charge is 0.351 e. The molecule has 6 nitrogen and oxygen atoms in total. The summed E-state index contributed by atoms with van der Waals surface area (Å²) in [5, 5.41) is 10.5. The highest BCUT2D eigenvalue weighted by atomic mass is 16.2. The van der Waals surface area contributed by atoms with Crippen molar-refractivity contribution in [3.8, 4) is 6.07 Å². The van der Waals surface area contributed by atoms with Gasteiger partial charge in [-0.1, -0.05) is 0 Å². The van der Waals surface area contributed by atoms with Crippen LogP contribution in [-0.4, -0.2) is 35.5 Å². The summed E-state index contributed by atoms with van der Waals surface area (Å²) in [7, 11) is 0. The average Bonchev–Trinajstić information content (AvgIpc) is 2.16. The lowest BCUT2D eigenvalue weighted by molar-refractivity contribution is -0.125. The number of nitriles is 1. The first-order valence-corrected chi connectivity index (χ1v) is 5.13.